The molecule has 0 N–H and O–H groups in total. The first kappa shape index (κ1) is 14.3. The van der Waals surface area contributed by atoms with Gasteiger partial charge in [0.25, 0.3) is 0 Å². The number of rotatable bonds is 4. The molecule has 0 unspecified atom stereocenters. The van der Waals surface area contributed by atoms with Crippen LogP contribution in [0, 0.1) is 23.3 Å². The molecule has 0 saturated carbocycles. The van der Waals surface area contributed by atoms with Crippen molar-refractivity contribution in [3.05, 3.63) is 59.7 Å². The third-order valence-corrected chi connectivity index (χ3v) is 4.35. The van der Waals surface area contributed by atoms with Gasteiger partial charge in [0.15, 0.2) is 23.3 Å². The molecule has 19 heavy (non-hydrogen) atoms. The van der Waals surface area contributed by atoms with Crippen LogP contribution in [0.2, 0.25) is 0 Å². The summed E-state index contributed by atoms with van der Waals surface area (Å²) in [4.78, 5) is 1.16. The van der Waals surface area contributed by atoms with Gasteiger partial charge < -0.3 is 0 Å². The van der Waals surface area contributed by atoms with Crippen molar-refractivity contribution in [1.82, 2.24) is 0 Å². The lowest BCUT2D eigenvalue weighted by molar-refractivity contribution is 0.506. The second-order valence-corrected chi connectivity index (χ2v) is 6.02. The molecule has 0 radical (unpaired) electrons. The van der Waals surface area contributed by atoms with Crippen molar-refractivity contribution in [3.63, 3.8) is 0 Å². The summed E-state index contributed by atoms with van der Waals surface area (Å²) in [5.41, 5.74) is 0. The van der Waals surface area contributed by atoms with Crippen LogP contribution in [0.25, 0.3) is 0 Å². The predicted molar refractivity (Wildman–Crippen MR) is 69.3 cm³/mol. The lowest BCUT2D eigenvalue weighted by Gasteiger charge is -2.03. The van der Waals surface area contributed by atoms with E-state index in [0.717, 1.165) is 24.3 Å². The molecule has 100 valence electrons. The van der Waals surface area contributed by atoms with E-state index in [1.807, 2.05) is 0 Å². The van der Waals surface area contributed by atoms with Gasteiger partial charge in [0, 0.05) is 14.9 Å². The Labute approximate surface area is 116 Å². The minimum atomic E-state index is -0.900. The molecule has 0 bridgehead atoms. The summed E-state index contributed by atoms with van der Waals surface area (Å²) in [5, 5.41) is 0.482. The number of halogens is 4. The molecule has 0 aliphatic carbocycles. The Bertz CT molecular complexity index is 535. The molecule has 0 amide bonds. The van der Waals surface area contributed by atoms with Crippen LogP contribution in [0.4, 0.5) is 17.6 Å². The molecule has 0 saturated heterocycles. The van der Waals surface area contributed by atoms with Crippen molar-refractivity contribution >= 4 is 23.5 Å². The monoisotopic (exact) mass is 304 g/mol. The van der Waals surface area contributed by atoms with Crippen LogP contribution in [0.3, 0.4) is 0 Å². The first-order chi connectivity index (χ1) is 9.06. The summed E-state index contributed by atoms with van der Waals surface area (Å²) in [6.45, 7) is 0. The van der Waals surface area contributed by atoms with Crippen LogP contribution in [-0.2, 0) is 0 Å². The normalized spacial score (nSPS) is 10.7. The van der Waals surface area contributed by atoms with Crippen LogP contribution in [0.15, 0.2) is 46.2 Å². The Kier molecular flexibility index (Phi) is 4.76. The van der Waals surface area contributed by atoms with Crippen LogP contribution in [-0.4, -0.2) is 5.08 Å². The molecule has 0 aromatic heterocycles. The van der Waals surface area contributed by atoms with Crippen molar-refractivity contribution in [3.8, 4) is 0 Å². The standard InChI is InChI=1S/C13H8F4S2/c14-10-3-1-8(5-12(10)16)18-7-19-9-2-4-11(15)13(17)6-9/h1-6H,7H2. The topological polar surface area (TPSA) is 0 Å². The van der Waals surface area contributed by atoms with Gasteiger partial charge in [-0.3, -0.25) is 0 Å². The molecule has 0 atom stereocenters. The zero-order valence-corrected chi connectivity index (χ0v) is 11.1. The summed E-state index contributed by atoms with van der Waals surface area (Å²) in [5.74, 6) is -3.58. The highest BCUT2D eigenvalue weighted by Gasteiger charge is 2.05. The number of thioether (sulfide) groups is 2. The molecule has 2 aromatic carbocycles. The highest BCUT2D eigenvalue weighted by molar-refractivity contribution is 8.16. The highest BCUT2D eigenvalue weighted by Crippen LogP contribution is 2.29. The molecule has 0 fully saturated rings. The minimum Gasteiger partial charge on any atom is -0.204 e. The summed E-state index contributed by atoms with van der Waals surface area (Å²) in [6, 6.07) is 7.25. The molecule has 0 spiro atoms. The Morgan fingerprint density at radius 2 is 1.05 bits per heavy atom. The fourth-order valence-corrected chi connectivity index (χ4v) is 3.33. The van der Waals surface area contributed by atoms with E-state index in [1.54, 1.807) is 0 Å². The molecular formula is C13H8F4S2. The molecule has 0 aliphatic heterocycles. The van der Waals surface area contributed by atoms with Crippen molar-refractivity contribution in [1.29, 1.82) is 0 Å². The maximum absolute atomic E-state index is 12.9. The van der Waals surface area contributed by atoms with Crippen molar-refractivity contribution in [2.75, 3.05) is 5.08 Å². The minimum absolute atomic E-state index is 0.482. The van der Waals surface area contributed by atoms with Gasteiger partial charge in [0.1, 0.15) is 0 Å². The van der Waals surface area contributed by atoms with Crippen molar-refractivity contribution in [2.24, 2.45) is 0 Å². The molecule has 2 rings (SSSR count). The average molecular weight is 304 g/mol. The summed E-state index contributed by atoms with van der Waals surface area (Å²) in [6.07, 6.45) is 0. The van der Waals surface area contributed by atoms with Crippen molar-refractivity contribution < 1.29 is 17.6 Å². The van der Waals surface area contributed by atoms with Crippen LogP contribution >= 0.6 is 23.5 Å². The molecule has 0 heterocycles. The van der Waals surface area contributed by atoms with Gasteiger partial charge in [-0.15, -0.1) is 23.5 Å². The first-order valence-corrected chi connectivity index (χ1v) is 7.19. The Morgan fingerprint density at radius 1 is 0.632 bits per heavy atom. The van der Waals surface area contributed by atoms with Gasteiger partial charge >= 0.3 is 0 Å². The van der Waals surface area contributed by atoms with Crippen molar-refractivity contribution in [2.45, 2.75) is 9.79 Å². The van der Waals surface area contributed by atoms with E-state index in [9.17, 15) is 17.6 Å². The largest absolute Gasteiger partial charge is 0.204 e. The highest BCUT2D eigenvalue weighted by atomic mass is 32.2. The Hall–Kier alpha value is -1.14. The molecule has 2 aromatic rings. The second-order valence-electron chi connectivity index (χ2n) is 3.56. The maximum Gasteiger partial charge on any atom is 0.159 e. The van der Waals surface area contributed by atoms with Gasteiger partial charge in [0.2, 0.25) is 0 Å². The first-order valence-electron chi connectivity index (χ1n) is 5.22. The van der Waals surface area contributed by atoms with Gasteiger partial charge in [0.05, 0.1) is 0 Å². The lowest BCUT2D eigenvalue weighted by Crippen LogP contribution is -1.85. The summed E-state index contributed by atoms with van der Waals surface area (Å²) < 4.78 is 51.3. The molecule has 0 nitrogen and oxygen atoms in total. The quantitative estimate of drug-likeness (QED) is 0.438. The van der Waals surface area contributed by atoms with Gasteiger partial charge in [-0.2, -0.15) is 0 Å². The molecular weight excluding hydrogens is 296 g/mol. The van der Waals surface area contributed by atoms with E-state index in [-0.39, 0.29) is 0 Å². The second kappa shape index (κ2) is 6.34. The van der Waals surface area contributed by atoms with E-state index in [1.165, 1.54) is 35.7 Å². The third kappa shape index (κ3) is 3.91. The summed E-state index contributed by atoms with van der Waals surface area (Å²) in [7, 11) is 0. The molecule has 0 aliphatic rings. The fourth-order valence-electron chi connectivity index (χ4n) is 1.30. The molecule has 6 heteroatoms. The fraction of sp³-hybridized carbons (Fsp3) is 0.0769. The number of benzene rings is 2. The maximum atomic E-state index is 12.9. The van der Waals surface area contributed by atoms with Crippen LogP contribution < -0.4 is 0 Å². The zero-order valence-electron chi connectivity index (χ0n) is 9.50. The van der Waals surface area contributed by atoms with Gasteiger partial charge in [-0.1, -0.05) is 0 Å². The van der Waals surface area contributed by atoms with Crippen LogP contribution in [0.5, 0.6) is 0 Å². The Morgan fingerprint density at radius 3 is 1.42 bits per heavy atom. The van der Waals surface area contributed by atoms with Gasteiger partial charge in [-0.05, 0) is 36.4 Å². The summed E-state index contributed by atoms with van der Waals surface area (Å²) >= 11 is 2.58. The number of hydrogen-bond acceptors (Lipinski definition) is 2. The average Bonchev–Trinajstić information content (AvgIpc) is 2.38. The van der Waals surface area contributed by atoms with Crippen LogP contribution in [0.1, 0.15) is 0 Å². The lowest BCUT2D eigenvalue weighted by atomic mass is 10.3. The van der Waals surface area contributed by atoms with E-state index in [0.29, 0.717) is 14.9 Å². The zero-order chi connectivity index (χ0) is 13.8. The van der Waals surface area contributed by atoms with Gasteiger partial charge in [-0.25, -0.2) is 17.6 Å². The number of hydrogen-bond donors (Lipinski definition) is 0. The van der Waals surface area contributed by atoms with E-state index < -0.39 is 23.3 Å². The smallest absolute Gasteiger partial charge is 0.159 e. The van der Waals surface area contributed by atoms with E-state index in [2.05, 4.69) is 0 Å². The predicted octanol–water partition coefficient (Wildman–Crippen LogP) is 5.08. The Balaban J connectivity index is 1.92. The SMILES string of the molecule is Fc1ccc(SCSc2ccc(F)c(F)c2)cc1F. The van der Waals surface area contributed by atoms with E-state index in [4.69, 9.17) is 0 Å². The third-order valence-electron chi connectivity index (χ3n) is 2.23. The van der Waals surface area contributed by atoms with E-state index >= 15 is 0 Å².